The number of carboxylic acids is 1. The summed E-state index contributed by atoms with van der Waals surface area (Å²) >= 11 is 0. The SMILES string of the molecule is Cc1ccc2nc(CNC(=O)N3C[C@@H]4CCC[C@@]4(C(=O)O)C3)[nH]c2c1. The van der Waals surface area contributed by atoms with Gasteiger partial charge in [-0.15, -0.1) is 0 Å². The number of nitrogens with one attached hydrogen (secondary N) is 2. The summed E-state index contributed by atoms with van der Waals surface area (Å²) in [5.74, 6) is 0.00386. The van der Waals surface area contributed by atoms with Gasteiger partial charge in [0.1, 0.15) is 5.82 Å². The minimum absolute atomic E-state index is 0.0740. The molecule has 2 amide bonds. The molecule has 0 spiro atoms. The minimum Gasteiger partial charge on any atom is -0.481 e. The molecule has 0 bridgehead atoms. The van der Waals surface area contributed by atoms with Crippen molar-refractivity contribution in [2.45, 2.75) is 32.7 Å². The number of hydrogen-bond acceptors (Lipinski definition) is 3. The third-order valence-electron chi connectivity index (χ3n) is 5.68. The molecule has 1 aromatic carbocycles. The van der Waals surface area contributed by atoms with Crippen LogP contribution in [-0.2, 0) is 11.3 Å². The summed E-state index contributed by atoms with van der Waals surface area (Å²) in [4.78, 5) is 33.5. The number of aryl methyl sites for hydroxylation is 1. The van der Waals surface area contributed by atoms with E-state index in [0.717, 1.165) is 29.4 Å². The summed E-state index contributed by atoms with van der Waals surface area (Å²) in [5.41, 5.74) is 2.23. The molecule has 1 aliphatic carbocycles. The smallest absolute Gasteiger partial charge is 0.317 e. The minimum atomic E-state index is -0.766. The molecular weight excluding hydrogens is 320 g/mol. The summed E-state index contributed by atoms with van der Waals surface area (Å²) in [6, 6.07) is 5.75. The van der Waals surface area contributed by atoms with Crippen molar-refractivity contribution in [2.75, 3.05) is 13.1 Å². The quantitative estimate of drug-likeness (QED) is 0.797. The highest BCUT2D eigenvalue weighted by Crippen LogP contribution is 2.48. The molecule has 1 saturated heterocycles. The molecule has 4 rings (SSSR count). The van der Waals surface area contributed by atoms with Gasteiger partial charge in [-0.25, -0.2) is 9.78 Å². The van der Waals surface area contributed by atoms with Gasteiger partial charge in [-0.2, -0.15) is 0 Å². The lowest BCUT2D eigenvalue weighted by Crippen LogP contribution is -2.41. The number of H-pyrrole nitrogens is 1. The first-order valence-electron chi connectivity index (χ1n) is 8.69. The van der Waals surface area contributed by atoms with Crippen LogP contribution in [0, 0.1) is 18.3 Å². The van der Waals surface area contributed by atoms with Crippen LogP contribution in [0.4, 0.5) is 4.79 Å². The van der Waals surface area contributed by atoms with Gasteiger partial charge in [-0.3, -0.25) is 4.79 Å². The number of likely N-dealkylation sites (tertiary alicyclic amines) is 1. The number of benzene rings is 1. The van der Waals surface area contributed by atoms with Gasteiger partial charge >= 0.3 is 12.0 Å². The number of carbonyl (C=O) groups excluding carboxylic acids is 1. The van der Waals surface area contributed by atoms with E-state index in [2.05, 4.69) is 15.3 Å². The molecule has 1 aromatic heterocycles. The zero-order chi connectivity index (χ0) is 17.6. The molecule has 0 radical (unpaired) electrons. The van der Waals surface area contributed by atoms with Crippen molar-refractivity contribution in [1.29, 1.82) is 0 Å². The second kappa shape index (κ2) is 5.75. The Bertz CT molecular complexity index is 846. The highest BCUT2D eigenvalue weighted by Gasteiger charge is 2.55. The Morgan fingerprint density at radius 1 is 1.48 bits per heavy atom. The van der Waals surface area contributed by atoms with Crippen LogP contribution in [0.2, 0.25) is 0 Å². The van der Waals surface area contributed by atoms with E-state index in [0.29, 0.717) is 31.9 Å². The van der Waals surface area contributed by atoms with Gasteiger partial charge in [0.25, 0.3) is 0 Å². The number of aromatic nitrogens is 2. The van der Waals surface area contributed by atoms with E-state index < -0.39 is 11.4 Å². The first kappa shape index (κ1) is 15.9. The summed E-state index contributed by atoms with van der Waals surface area (Å²) in [6.45, 7) is 3.15. The first-order chi connectivity index (χ1) is 12.0. The molecule has 2 atom stereocenters. The molecule has 132 valence electrons. The average molecular weight is 342 g/mol. The Kier molecular flexibility index (Phi) is 3.67. The van der Waals surface area contributed by atoms with Crippen LogP contribution >= 0.6 is 0 Å². The van der Waals surface area contributed by atoms with Gasteiger partial charge in [-0.1, -0.05) is 12.5 Å². The predicted molar refractivity (Wildman–Crippen MR) is 92.0 cm³/mol. The molecular formula is C18H22N4O3. The lowest BCUT2D eigenvalue weighted by molar-refractivity contribution is -0.149. The Balaban J connectivity index is 1.41. The zero-order valence-electron chi connectivity index (χ0n) is 14.2. The van der Waals surface area contributed by atoms with Crippen molar-refractivity contribution in [3.8, 4) is 0 Å². The van der Waals surface area contributed by atoms with Crippen molar-refractivity contribution in [3.63, 3.8) is 0 Å². The predicted octanol–water partition coefficient (Wildman–Crippen LogP) is 2.27. The fraction of sp³-hybridized carbons (Fsp3) is 0.500. The largest absolute Gasteiger partial charge is 0.481 e. The van der Waals surface area contributed by atoms with Crippen LogP contribution in [0.25, 0.3) is 11.0 Å². The number of carbonyl (C=O) groups is 2. The van der Waals surface area contributed by atoms with Crippen molar-refractivity contribution < 1.29 is 14.7 Å². The van der Waals surface area contributed by atoms with Crippen LogP contribution in [0.3, 0.4) is 0 Å². The number of fused-ring (bicyclic) bond motifs is 2. The van der Waals surface area contributed by atoms with Crippen molar-refractivity contribution in [2.24, 2.45) is 11.3 Å². The maximum absolute atomic E-state index is 12.5. The van der Waals surface area contributed by atoms with Gasteiger partial charge in [0.2, 0.25) is 0 Å². The normalized spacial score (nSPS) is 25.3. The molecule has 1 aliphatic heterocycles. The van der Waals surface area contributed by atoms with Crippen molar-refractivity contribution >= 4 is 23.0 Å². The Hall–Kier alpha value is -2.57. The molecule has 25 heavy (non-hydrogen) atoms. The summed E-state index contributed by atoms with van der Waals surface area (Å²) < 4.78 is 0. The third-order valence-corrected chi connectivity index (χ3v) is 5.68. The first-order valence-corrected chi connectivity index (χ1v) is 8.69. The summed E-state index contributed by atoms with van der Waals surface area (Å²) in [5, 5.41) is 12.5. The average Bonchev–Trinajstić information content (AvgIpc) is 3.23. The molecule has 2 aromatic rings. The van der Waals surface area contributed by atoms with Gasteiger partial charge in [0.15, 0.2) is 0 Å². The lowest BCUT2D eigenvalue weighted by Gasteiger charge is -2.23. The Morgan fingerprint density at radius 2 is 2.32 bits per heavy atom. The van der Waals surface area contributed by atoms with Crippen LogP contribution in [0.1, 0.15) is 30.7 Å². The monoisotopic (exact) mass is 342 g/mol. The maximum atomic E-state index is 12.5. The number of nitrogens with zero attached hydrogens (tertiary/aromatic N) is 2. The topological polar surface area (TPSA) is 98.3 Å². The van der Waals surface area contributed by atoms with Gasteiger partial charge in [0.05, 0.1) is 23.0 Å². The summed E-state index contributed by atoms with van der Waals surface area (Å²) in [7, 11) is 0. The second-order valence-corrected chi connectivity index (χ2v) is 7.29. The number of rotatable bonds is 3. The summed E-state index contributed by atoms with van der Waals surface area (Å²) in [6.07, 6.45) is 2.49. The van der Waals surface area contributed by atoms with Gasteiger partial charge in [0, 0.05) is 13.1 Å². The van der Waals surface area contributed by atoms with E-state index in [1.54, 1.807) is 4.90 Å². The van der Waals surface area contributed by atoms with Gasteiger partial charge < -0.3 is 20.3 Å². The molecule has 0 unspecified atom stereocenters. The fourth-order valence-electron chi connectivity index (χ4n) is 4.32. The highest BCUT2D eigenvalue weighted by molar-refractivity contribution is 5.81. The van der Waals surface area contributed by atoms with E-state index in [1.807, 2.05) is 25.1 Å². The second-order valence-electron chi connectivity index (χ2n) is 7.29. The van der Waals surface area contributed by atoms with Crippen LogP contribution in [0.15, 0.2) is 18.2 Å². The van der Waals surface area contributed by atoms with E-state index in [1.165, 1.54) is 0 Å². The van der Waals surface area contributed by atoms with Crippen molar-refractivity contribution in [1.82, 2.24) is 20.2 Å². The fourth-order valence-corrected chi connectivity index (χ4v) is 4.32. The molecule has 3 N–H and O–H groups in total. The third kappa shape index (κ3) is 2.63. The maximum Gasteiger partial charge on any atom is 0.317 e. The van der Waals surface area contributed by atoms with Crippen LogP contribution in [-0.4, -0.2) is 45.1 Å². The van der Waals surface area contributed by atoms with E-state index in [-0.39, 0.29) is 11.9 Å². The number of hydrogen-bond donors (Lipinski definition) is 3. The molecule has 2 heterocycles. The Labute approximate surface area is 145 Å². The number of aliphatic carboxylic acids is 1. The molecule has 1 saturated carbocycles. The van der Waals surface area contributed by atoms with E-state index in [9.17, 15) is 14.7 Å². The highest BCUT2D eigenvalue weighted by atomic mass is 16.4. The van der Waals surface area contributed by atoms with Crippen molar-refractivity contribution in [3.05, 3.63) is 29.6 Å². The van der Waals surface area contributed by atoms with E-state index in [4.69, 9.17) is 0 Å². The van der Waals surface area contributed by atoms with Crippen LogP contribution in [0.5, 0.6) is 0 Å². The molecule has 2 fully saturated rings. The molecule has 2 aliphatic rings. The van der Waals surface area contributed by atoms with Crippen LogP contribution < -0.4 is 5.32 Å². The zero-order valence-corrected chi connectivity index (χ0v) is 14.2. The van der Waals surface area contributed by atoms with Gasteiger partial charge in [-0.05, 0) is 43.4 Å². The standard InChI is InChI=1S/C18H22N4O3/c1-11-4-5-13-14(7-11)21-15(20-13)8-19-17(25)22-9-12-3-2-6-18(12,10-22)16(23)24/h4-5,7,12H,2-3,6,8-10H2,1H3,(H,19,25)(H,20,21)(H,23,24)/t12-,18+/m0/s1. The van der Waals surface area contributed by atoms with E-state index >= 15 is 0 Å². The number of urea groups is 1. The molecule has 7 nitrogen and oxygen atoms in total. The Morgan fingerprint density at radius 3 is 3.08 bits per heavy atom. The number of carboxylic acid groups (broad SMARTS) is 1. The number of amides is 2. The number of imidazole rings is 1. The number of aromatic amines is 1. The molecule has 7 heteroatoms. The lowest BCUT2D eigenvalue weighted by atomic mass is 9.81.